The van der Waals surface area contributed by atoms with Crippen LogP contribution in [0.2, 0.25) is 10.0 Å². The molecule has 1 aliphatic carbocycles. The van der Waals surface area contributed by atoms with Crippen LogP contribution in [0.25, 0.3) is 0 Å². The molecule has 170 valence electrons. The molecule has 2 aromatic carbocycles. The van der Waals surface area contributed by atoms with Crippen molar-refractivity contribution >= 4 is 50.7 Å². The lowest BCUT2D eigenvalue weighted by molar-refractivity contribution is -0.122. The Morgan fingerprint density at radius 2 is 1.62 bits per heavy atom. The van der Waals surface area contributed by atoms with Crippen LogP contribution in [0.4, 0.5) is 5.69 Å². The number of nitrogens with zero attached hydrogens (tertiary/aromatic N) is 2. The molecule has 32 heavy (non-hydrogen) atoms. The highest BCUT2D eigenvalue weighted by atomic mass is 35.5. The van der Waals surface area contributed by atoms with Crippen LogP contribution >= 0.6 is 23.2 Å². The summed E-state index contributed by atoms with van der Waals surface area (Å²) in [4.78, 5) is 27.3. The van der Waals surface area contributed by atoms with E-state index in [-0.39, 0.29) is 27.4 Å². The third-order valence-corrected chi connectivity index (χ3v) is 8.78. The van der Waals surface area contributed by atoms with E-state index in [0.717, 1.165) is 29.7 Å². The Morgan fingerprint density at radius 1 is 0.969 bits per heavy atom. The number of rotatable bonds is 5. The molecule has 2 aromatic rings. The molecule has 2 fully saturated rings. The molecule has 6 nitrogen and oxygen atoms in total. The Bertz CT molecular complexity index is 1150. The number of carbonyl (C=O) groups excluding carboxylic acids is 2. The van der Waals surface area contributed by atoms with Crippen molar-refractivity contribution in [3.05, 3.63) is 58.1 Å². The van der Waals surface area contributed by atoms with Gasteiger partial charge in [-0.05, 0) is 50.1 Å². The fourth-order valence-electron chi connectivity index (χ4n) is 4.52. The van der Waals surface area contributed by atoms with Crippen LogP contribution in [-0.2, 0) is 19.6 Å². The fraction of sp³-hybridized carbons (Fsp3) is 0.391. The van der Waals surface area contributed by atoms with Crippen LogP contribution < -0.4 is 4.90 Å². The topological polar surface area (TPSA) is 74.8 Å². The molecular formula is C23H24Cl2N2O4S. The summed E-state index contributed by atoms with van der Waals surface area (Å²) < 4.78 is 28.9. The first kappa shape index (κ1) is 23.2. The van der Waals surface area contributed by atoms with Crippen molar-refractivity contribution in [3.8, 4) is 0 Å². The zero-order chi connectivity index (χ0) is 23.0. The Hall–Kier alpha value is -1.93. The maximum absolute atomic E-state index is 13.8. The average Bonchev–Trinajstić information content (AvgIpc) is 3.05. The van der Waals surface area contributed by atoms with Crippen molar-refractivity contribution in [1.29, 1.82) is 0 Å². The van der Waals surface area contributed by atoms with Gasteiger partial charge in [-0.15, -0.1) is 0 Å². The molecular weight excluding hydrogens is 471 g/mol. The standard InChI is InChI=1S/C23H24Cl2N2O4S/c1-15-7-10-17(11-8-15)26-22(28)14-20(23(26)29)27(18-5-3-2-4-6-18)32(30,31)21-13-16(24)9-12-19(21)25/h7-13,18,20H,2-6,14H2,1H3. The van der Waals surface area contributed by atoms with Gasteiger partial charge in [0.25, 0.3) is 5.91 Å². The molecule has 9 heteroatoms. The van der Waals surface area contributed by atoms with Gasteiger partial charge in [-0.1, -0.05) is 60.2 Å². The van der Waals surface area contributed by atoms with Crippen molar-refractivity contribution in [2.24, 2.45) is 0 Å². The SMILES string of the molecule is Cc1ccc(N2C(=O)CC(N(C3CCCCC3)S(=O)(=O)c3cc(Cl)ccc3Cl)C2=O)cc1. The molecule has 1 unspecified atom stereocenters. The molecule has 2 aliphatic rings. The molecule has 2 amide bonds. The van der Waals surface area contributed by atoms with E-state index in [1.165, 1.54) is 22.5 Å². The monoisotopic (exact) mass is 494 g/mol. The van der Waals surface area contributed by atoms with E-state index in [0.29, 0.717) is 18.5 Å². The van der Waals surface area contributed by atoms with Gasteiger partial charge in [0.15, 0.2) is 0 Å². The molecule has 4 rings (SSSR count). The zero-order valence-corrected chi connectivity index (χ0v) is 20.0. The van der Waals surface area contributed by atoms with Crippen molar-refractivity contribution in [1.82, 2.24) is 4.31 Å². The van der Waals surface area contributed by atoms with Crippen LogP contribution in [0.5, 0.6) is 0 Å². The van der Waals surface area contributed by atoms with Crippen molar-refractivity contribution < 1.29 is 18.0 Å². The van der Waals surface area contributed by atoms with Crippen LogP contribution in [-0.4, -0.2) is 36.6 Å². The first-order chi connectivity index (χ1) is 15.2. The van der Waals surface area contributed by atoms with Gasteiger partial charge in [-0.25, -0.2) is 13.3 Å². The number of halogens is 2. The third kappa shape index (κ3) is 4.31. The van der Waals surface area contributed by atoms with E-state index in [1.807, 2.05) is 19.1 Å². The number of hydrogen-bond acceptors (Lipinski definition) is 4. The quantitative estimate of drug-likeness (QED) is 0.550. The van der Waals surface area contributed by atoms with E-state index in [4.69, 9.17) is 23.2 Å². The smallest absolute Gasteiger partial charge is 0.252 e. The van der Waals surface area contributed by atoms with Gasteiger partial charge in [-0.2, -0.15) is 4.31 Å². The lowest BCUT2D eigenvalue weighted by Gasteiger charge is -2.36. The van der Waals surface area contributed by atoms with E-state index >= 15 is 0 Å². The number of anilines is 1. The summed E-state index contributed by atoms with van der Waals surface area (Å²) in [5.41, 5.74) is 1.43. The first-order valence-corrected chi connectivity index (χ1v) is 12.8. The molecule has 0 N–H and O–H groups in total. The van der Waals surface area contributed by atoms with Gasteiger partial charge in [0, 0.05) is 11.1 Å². The highest BCUT2D eigenvalue weighted by Crippen LogP contribution is 2.37. The number of amides is 2. The fourth-order valence-corrected chi connectivity index (χ4v) is 7.09. The van der Waals surface area contributed by atoms with E-state index in [2.05, 4.69) is 0 Å². The molecule has 1 aliphatic heterocycles. The van der Waals surface area contributed by atoms with E-state index in [1.54, 1.807) is 12.1 Å². The maximum Gasteiger partial charge on any atom is 0.252 e. The molecule has 1 atom stereocenters. The van der Waals surface area contributed by atoms with Crippen molar-refractivity contribution in [2.75, 3.05) is 4.90 Å². The van der Waals surface area contributed by atoms with Crippen molar-refractivity contribution in [2.45, 2.75) is 62.4 Å². The van der Waals surface area contributed by atoms with Crippen LogP contribution in [0, 0.1) is 6.92 Å². The predicted molar refractivity (Wildman–Crippen MR) is 124 cm³/mol. The van der Waals surface area contributed by atoms with Crippen LogP contribution in [0.15, 0.2) is 47.4 Å². The van der Waals surface area contributed by atoms with Crippen molar-refractivity contribution in [3.63, 3.8) is 0 Å². The second-order valence-corrected chi connectivity index (χ2v) is 11.0. The Kier molecular flexibility index (Phi) is 6.63. The molecule has 1 saturated heterocycles. The number of carbonyl (C=O) groups is 2. The van der Waals surface area contributed by atoms with Crippen LogP contribution in [0.1, 0.15) is 44.1 Å². The number of benzene rings is 2. The Balaban J connectivity index is 1.77. The predicted octanol–water partition coefficient (Wildman–Crippen LogP) is 4.96. The van der Waals surface area contributed by atoms with Gasteiger partial charge in [0.1, 0.15) is 10.9 Å². The minimum absolute atomic E-state index is 0.0300. The number of sulfonamides is 1. The minimum Gasteiger partial charge on any atom is -0.274 e. The highest BCUT2D eigenvalue weighted by Gasteiger charge is 2.49. The van der Waals surface area contributed by atoms with E-state index in [9.17, 15) is 18.0 Å². The zero-order valence-electron chi connectivity index (χ0n) is 17.6. The third-order valence-electron chi connectivity index (χ3n) is 6.11. The normalized spacial score (nSPS) is 20.4. The molecule has 1 saturated carbocycles. The average molecular weight is 495 g/mol. The van der Waals surface area contributed by atoms with Gasteiger partial charge in [-0.3, -0.25) is 9.59 Å². The number of hydrogen-bond donors (Lipinski definition) is 0. The Labute approximate surface area is 198 Å². The van der Waals surface area contributed by atoms with Gasteiger partial charge in [0.2, 0.25) is 15.9 Å². The van der Waals surface area contributed by atoms with Gasteiger partial charge < -0.3 is 0 Å². The second kappa shape index (κ2) is 9.14. The maximum atomic E-state index is 13.8. The lowest BCUT2D eigenvalue weighted by atomic mass is 9.94. The highest BCUT2D eigenvalue weighted by molar-refractivity contribution is 7.89. The minimum atomic E-state index is -4.19. The van der Waals surface area contributed by atoms with E-state index < -0.39 is 27.9 Å². The largest absolute Gasteiger partial charge is 0.274 e. The summed E-state index contributed by atoms with van der Waals surface area (Å²) in [6, 6.07) is 9.74. The Morgan fingerprint density at radius 3 is 2.28 bits per heavy atom. The number of imide groups is 1. The first-order valence-electron chi connectivity index (χ1n) is 10.6. The van der Waals surface area contributed by atoms with Crippen LogP contribution in [0.3, 0.4) is 0 Å². The lowest BCUT2D eigenvalue weighted by Crippen LogP contribution is -2.51. The molecule has 0 aromatic heterocycles. The summed E-state index contributed by atoms with van der Waals surface area (Å²) >= 11 is 12.3. The summed E-state index contributed by atoms with van der Waals surface area (Å²) in [6.07, 6.45) is 3.77. The molecule has 0 radical (unpaired) electrons. The summed E-state index contributed by atoms with van der Waals surface area (Å²) in [6.45, 7) is 1.91. The molecule has 1 heterocycles. The second-order valence-electron chi connectivity index (χ2n) is 8.32. The summed E-state index contributed by atoms with van der Waals surface area (Å²) in [7, 11) is -4.19. The van der Waals surface area contributed by atoms with Gasteiger partial charge >= 0.3 is 0 Å². The summed E-state index contributed by atoms with van der Waals surface area (Å²) in [5, 5.41) is 0.258. The van der Waals surface area contributed by atoms with Gasteiger partial charge in [0.05, 0.1) is 17.1 Å². The molecule has 0 bridgehead atoms. The molecule has 0 spiro atoms. The number of aryl methyl sites for hydroxylation is 1. The summed E-state index contributed by atoms with van der Waals surface area (Å²) in [5.74, 6) is -0.955.